The quantitative estimate of drug-likeness (QED) is 0.673. The van der Waals surface area contributed by atoms with Crippen LogP contribution < -0.4 is 16.8 Å². The number of amides is 2. The third-order valence-corrected chi connectivity index (χ3v) is 3.47. The number of carbonyl (C=O) groups excluding carboxylic acids is 2. The van der Waals surface area contributed by atoms with Crippen molar-refractivity contribution in [2.45, 2.75) is 18.8 Å². The second-order valence-electron chi connectivity index (χ2n) is 5.04. The summed E-state index contributed by atoms with van der Waals surface area (Å²) in [4.78, 5) is 23.6. The van der Waals surface area contributed by atoms with Crippen LogP contribution in [0.2, 0.25) is 0 Å². The Balaban J connectivity index is 1.85. The van der Waals surface area contributed by atoms with Crippen LogP contribution in [-0.4, -0.2) is 22.0 Å². The first-order chi connectivity index (χ1) is 10.1. The molecule has 21 heavy (non-hydrogen) atoms. The van der Waals surface area contributed by atoms with Crippen molar-refractivity contribution < 1.29 is 9.59 Å². The molecule has 0 unspecified atom stereocenters. The lowest BCUT2D eigenvalue weighted by Gasteiger charge is -2.07. The molecule has 0 saturated heterocycles. The zero-order valence-electron chi connectivity index (χ0n) is 11.2. The van der Waals surface area contributed by atoms with Gasteiger partial charge in [-0.3, -0.25) is 14.7 Å². The second-order valence-corrected chi connectivity index (χ2v) is 5.04. The van der Waals surface area contributed by atoms with Crippen molar-refractivity contribution in [3.8, 4) is 0 Å². The number of rotatable bonds is 4. The molecule has 0 spiro atoms. The molecule has 1 aliphatic rings. The van der Waals surface area contributed by atoms with E-state index in [1.165, 1.54) is 0 Å². The maximum Gasteiger partial charge on any atom is 0.278 e. The zero-order valence-corrected chi connectivity index (χ0v) is 11.2. The van der Waals surface area contributed by atoms with Gasteiger partial charge in [0.05, 0.1) is 22.6 Å². The standard InChI is InChI=1S/C14H15N5O2/c15-10-11(7-5-6-7)18-19-12(10)14(21)17-9-4-2-1-3-8(9)13(16)20/h1-4,7H,5-6,15H2,(H2,16,20)(H,17,21)(H,18,19). The first-order valence-electron chi connectivity index (χ1n) is 6.62. The number of aromatic amines is 1. The minimum Gasteiger partial charge on any atom is -0.395 e. The topological polar surface area (TPSA) is 127 Å². The van der Waals surface area contributed by atoms with E-state index in [9.17, 15) is 9.59 Å². The first-order valence-corrected chi connectivity index (χ1v) is 6.62. The Morgan fingerprint density at radius 1 is 1.29 bits per heavy atom. The van der Waals surface area contributed by atoms with E-state index >= 15 is 0 Å². The van der Waals surface area contributed by atoms with Crippen LogP contribution in [0.15, 0.2) is 24.3 Å². The normalized spacial score (nSPS) is 13.9. The Bertz CT molecular complexity index is 718. The molecule has 1 saturated carbocycles. The van der Waals surface area contributed by atoms with Gasteiger partial charge in [0.2, 0.25) is 0 Å². The molecular weight excluding hydrogens is 270 g/mol. The van der Waals surface area contributed by atoms with Crippen molar-refractivity contribution in [2.75, 3.05) is 11.1 Å². The summed E-state index contributed by atoms with van der Waals surface area (Å²) in [5.41, 5.74) is 13.1. The maximum atomic E-state index is 12.2. The van der Waals surface area contributed by atoms with Crippen LogP contribution in [0.1, 0.15) is 45.3 Å². The Morgan fingerprint density at radius 3 is 2.67 bits per heavy atom. The Labute approximate surface area is 120 Å². The van der Waals surface area contributed by atoms with Gasteiger partial charge in [0.15, 0.2) is 5.69 Å². The molecule has 108 valence electrons. The Morgan fingerprint density at radius 2 is 2.00 bits per heavy atom. The molecule has 1 aromatic heterocycles. The van der Waals surface area contributed by atoms with Gasteiger partial charge in [0.1, 0.15) is 0 Å². The second kappa shape index (κ2) is 4.93. The number of hydrogen-bond acceptors (Lipinski definition) is 4. The molecule has 0 bridgehead atoms. The predicted octanol–water partition coefficient (Wildman–Crippen LogP) is 1.22. The SMILES string of the molecule is NC(=O)c1ccccc1NC(=O)c1n[nH]c(C2CC2)c1N. The average Bonchev–Trinajstić information content (AvgIpc) is 3.22. The summed E-state index contributed by atoms with van der Waals surface area (Å²) in [6.45, 7) is 0. The highest BCUT2D eigenvalue weighted by Gasteiger charge is 2.30. The van der Waals surface area contributed by atoms with Crippen LogP contribution in [0.3, 0.4) is 0 Å². The molecule has 7 nitrogen and oxygen atoms in total. The molecule has 0 aliphatic heterocycles. The van der Waals surface area contributed by atoms with E-state index in [-0.39, 0.29) is 11.3 Å². The summed E-state index contributed by atoms with van der Waals surface area (Å²) < 4.78 is 0. The largest absolute Gasteiger partial charge is 0.395 e. The number of H-pyrrole nitrogens is 1. The summed E-state index contributed by atoms with van der Waals surface area (Å²) >= 11 is 0. The lowest BCUT2D eigenvalue weighted by molar-refractivity contribution is 0.100. The van der Waals surface area contributed by atoms with Crippen LogP contribution in [0.5, 0.6) is 0 Å². The lowest BCUT2D eigenvalue weighted by atomic mass is 10.1. The van der Waals surface area contributed by atoms with Gasteiger partial charge < -0.3 is 16.8 Å². The summed E-state index contributed by atoms with van der Waals surface area (Å²) in [5, 5.41) is 9.40. The van der Waals surface area contributed by atoms with Gasteiger partial charge in [-0.25, -0.2) is 0 Å². The summed E-state index contributed by atoms with van der Waals surface area (Å²) in [7, 11) is 0. The van der Waals surface area contributed by atoms with Crippen molar-refractivity contribution in [2.24, 2.45) is 5.73 Å². The molecule has 0 radical (unpaired) electrons. The highest BCUT2D eigenvalue weighted by atomic mass is 16.2. The van der Waals surface area contributed by atoms with E-state index in [1.807, 2.05) is 0 Å². The third-order valence-electron chi connectivity index (χ3n) is 3.47. The fourth-order valence-corrected chi connectivity index (χ4v) is 2.21. The van der Waals surface area contributed by atoms with Gasteiger partial charge in [-0.2, -0.15) is 5.10 Å². The Hall–Kier alpha value is -2.83. The molecule has 3 rings (SSSR count). The fourth-order valence-electron chi connectivity index (χ4n) is 2.21. The number of nitrogen functional groups attached to an aromatic ring is 1. The van der Waals surface area contributed by atoms with E-state index in [0.29, 0.717) is 17.3 Å². The number of carbonyl (C=O) groups is 2. The van der Waals surface area contributed by atoms with E-state index in [4.69, 9.17) is 11.5 Å². The van der Waals surface area contributed by atoms with Crippen LogP contribution >= 0.6 is 0 Å². The van der Waals surface area contributed by atoms with Crippen LogP contribution in [0, 0.1) is 0 Å². The number of anilines is 2. The third kappa shape index (κ3) is 2.45. The van der Waals surface area contributed by atoms with Gasteiger partial charge in [0, 0.05) is 5.92 Å². The van der Waals surface area contributed by atoms with E-state index in [1.54, 1.807) is 24.3 Å². The molecule has 2 amide bonds. The van der Waals surface area contributed by atoms with E-state index in [2.05, 4.69) is 15.5 Å². The summed E-state index contributed by atoms with van der Waals surface area (Å²) in [6, 6.07) is 6.51. The average molecular weight is 285 g/mol. The number of nitrogens with two attached hydrogens (primary N) is 2. The van der Waals surface area contributed by atoms with Crippen molar-refractivity contribution in [1.82, 2.24) is 10.2 Å². The number of aromatic nitrogens is 2. The number of primary amides is 1. The van der Waals surface area contributed by atoms with E-state index < -0.39 is 11.8 Å². The maximum absolute atomic E-state index is 12.2. The highest BCUT2D eigenvalue weighted by Crippen LogP contribution is 2.42. The van der Waals surface area contributed by atoms with Gasteiger partial charge in [0.25, 0.3) is 11.8 Å². The van der Waals surface area contributed by atoms with Crippen molar-refractivity contribution in [3.63, 3.8) is 0 Å². The number of nitrogens with zero attached hydrogens (tertiary/aromatic N) is 1. The molecule has 6 N–H and O–H groups in total. The van der Waals surface area contributed by atoms with Crippen LogP contribution in [-0.2, 0) is 0 Å². The van der Waals surface area contributed by atoms with Crippen molar-refractivity contribution >= 4 is 23.2 Å². The van der Waals surface area contributed by atoms with Gasteiger partial charge in [-0.15, -0.1) is 0 Å². The smallest absolute Gasteiger partial charge is 0.278 e. The number of hydrogen-bond donors (Lipinski definition) is 4. The van der Waals surface area contributed by atoms with Gasteiger partial charge >= 0.3 is 0 Å². The van der Waals surface area contributed by atoms with Crippen LogP contribution in [0.25, 0.3) is 0 Å². The molecule has 7 heteroatoms. The van der Waals surface area contributed by atoms with E-state index in [0.717, 1.165) is 18.5 Å². The molecule has 1 heterocycles. The molecule has 1 aliphatic carbocycles. The van der Waals surface area contributed by atoms with Crippen molar-refractivity contribution in [3.05, 3.63) is 41.2 Å². The first kappa shape index (κ1) is 13.2. The molecule has 2 aromatic rings. The van der Waals surface area contributed by atoms with Crippen molar-refractivity contribution in [1.29, 1.82) is 0 Å². The molecular formula is C14H15N5O2. The Kier molecular flexibility index (Phi) is 3.09. The zero-order chi connectivity index (χ0) is 15.0. The fraction of sp³-hybridized carbons (Fsp3) is 0.214. The molecule has 1 fully saturated rings. The highest BCUT2D eigenvalue weighted by molar-refractivity contribution is 6.10. The summed E-state index contributed by atoms with van der Waals surface area (Å²) in [6.07, 6.45) is 2.11. The summed E-state index contributed by atoms with van der Waals surface area (Å²) in [5.74, 6) is -0.708. The minimum absolute atomic E-state index is 0.135. The number of benzene rings is 1. The molecule has 1 aromatic carbocycles. The predicted molar refractivity (Wildman–Crippen MR) is 77.9 cm³/mol. The van der Waals surface area contributed by atoms with Crippen LogP contribution in [0.4, 0.5) is 11.4 Å². The number of nitrogens with one attached hydrogen (secondary N) is 2. The van der Waals surface area contributed by atoms with Gasteiger partial charge in [-0.05, 0) is 25.0 Å². The number of para-hydroxylation sites is 1. The molecule has 0 atom stereocenters. The monoisotopic (exact) mass is 285 g/mol. The minimum atomic E-state index is -0.612. The lowest BCUT2D eigenvalue weighted by Crippen LogP contribution is -2.19. The van der Waals surface area contributed by atoms with Gasteiger partial charge in [-0.1, -0.05) is 12.1 Å².